The maximum absolute atomic E-state index is 6.70. The summed E-state index contributed by atoms with van der Waals surface area (Å²) in [5.74, 6) is 3.22. The first-order valence-electron chi connectivity index (χ1n) is 18.9. The molecule has 0 aliphatic rings. The molecule has 0 amide bonds. The van der Waals surface area contributed by atoms with E-state index in [0.717, 1.165) is 48.7 Å². The second kappa shape index (κ2) is 18.2. The third-order valence-electron chi connectivity index (χ3n) is 9.16. The van der Waals surface area contributed by atoms with E-state index in [1.54, 1.807) is 0 Å². The van der Waals surface area contributed by atoms with E-state index >= 15 is 0 Å². The van der Waals surface area contributed by atoms with Gasteiger partial charge in [-0.15, -0.1) is 0 Å². The predicted octanol–water partition coefficient (Wildman–Crippen LogP) is 15.0. The van der Waals surface area contributed by atoms with Crippen molar-refractivity contribution in [1.82, 2.24) is 0 Å². The topological polar surface area (TPSA) is 55.4 Å². The van der Waals surface area contributed by atoms with Crippen LogP contribution in [0.2, 0.25) is 0 Å². The van der Waals surface area contributed by atoms with E-state index in [4.69, 9.17) is 27.1 Å². The minimum absolute atomic E-state index is 0.128. The molecule has 282 valence electrons. The zero-order valence-electron chi connectivity index (χ0n) is 31.5. The average Bonchev–Trinajstić information content (AvgIpc) is 3.27. The number of hydrogen-bond acceptors (Lipinski definition) is 6. The van der Waals surface area contributed by atoms with Crippen LogP contribution in [0.5, 0.6) is 28.7 Å². The quantitative estimate of drug-likeness (QED) is 0.109. The van der Waals surface area contributed by atoms with Gasteiger partial charge in [-0.3, -0.25) is 4.52 Å². The van der Waals surface area contributed by atoms with Crippen molar-refractivity contribution in [3.05, 3.63) is 200 Å². The maximum Gasteiger partial charge on any atom is 0.530 e. The largest absolute Gasteiger partial charge is 0.530 e. The Kier molecular flexibility index (Phi) is 12.0. The monoisotopic (exact) mass is 786 g/mol. The highest BCUT2D eigenvalue weighted by atomic mass is 31.2. The highest BCUT2D eigenvalue weighted by molar-refractivity contribution is 7.43. The van der Waals surface area contributed by atoms with Gasteiger partial charge in [-0.05, 0) is 51.9 Å². The van der Waals surface area contributed by atoms with Crippen molar-refractivity contribution in [3.63, 3.8) is 0 Å². The van der Waals surface area contributed by atoms with Gasteiger partial charge in [0.15, 0.2) is 0 Å². The van der Waals surface area contributed by atoms with Crippen molar-refractivity contribution >= 4 is 60.3 Å². The van der Waals surface area contributed by atoms with E-state index in [0.29, 0.717) is 28.7 Å². The van der Waals surface area contributed by atoms with Crippen LogP contribution >= 0.6 is 17.2 Å². The van der Waals surface area contributed by atoms with Crippen LogP contribution in [-0.4, -0.2) is 0 Å². The van der Waals surface area contributed by atoms with Crippen LogP contribution in [0.4, 0.5) is 0 Å². The van der Waals surface area contributed by atoms with Crippen molar-refractivity contribution in [1.29, 1.82) is 0 Å². The zero-order valence-corrected chi connectivity index (χ0v) is 33.3. The Morgan fingerprint density at radius 1 is 0.298 bits per heavy atom. The summed E-state index contributed by atoms with van der Waals surface area (Å²) in [5, 5.41) is 8.08. The first kappa shape index (κ1) is 37.7. The van der Waals surface area contributed by atoms with Crippen LogP contribution < -0.4 is 22.6 Å². The van der Waals surface area contributed by atoms with Gasteiger partial charge in [0.25, 0.3) is 0 Å². The molecule has 0 bridgehead atoms. The molecule has 0 fully saturated rings. The Morgan fingerprint density at radius 2 is 0.579 bits per heavy atom. The molecule has 0 N–H and O–H groups in total. The summed E-state index contributed by atoms with van der Waals surface area (Å²) in [4.78, 5) is 0. The van der Waals surface area contributed by atoms with E-state index in [1.165, 1.54) is 0 Å². The van der Waals surface area contributed by atoms with Gasteiger partial charge in [-0.2, -0.15) is 0 Å². The highest BCUT2D eigenvalue weighted by Gasteiger charge is 2.25. The molecule has 0 radical (unpaired) electrons. The fraction of sp³-hybridized carbons (Fsp3) is 0.0612. The summed E-state index contributed by atoms with van der Waals surface area (Å²) in [6.45, 7) is 4.13. The lowest BCUT2D eigenvalue weighted by Gasteiger charge is -2.22. The molecule has 57 heavy (non-hydrogen) atoms. The standard InChI is InChI=1S/C47H34O6P2.C2H6/c1-6-24-39-34(15-1)20-11-29-44(39)50-54(51-45-30-12-21-35-16-2-7-25-40(35)45)48-33-38-19-5-10-28-43(38)49-55(52-46-31-13-22-36-17-3-8-26-41(36)46)53-47-32-14-23-37-18-4-9-27-42(37)47;1-2/h1-32H,33H2;1-2H3. The van der Waals surface area contributed by atoms with Crippen molar-refractivity contribution in [2.75, 3.05) is 0 Å². The summed E-state index contributed by atoms with van der Waals surface area (Å²) in [5.41, 5.74) is 0.772. The van der Waals surface area contributed by atoms with Crippen molar-refractivity contribution in [2.45, 2.75) is 20.5 Å². The minimum atomic E-state index is -2.01. The van der Waals surface area contributed by atoms with Gasteiger partial charge in [0, 0.05) is 27.1 Å². The van der Waals surface area contributed by atoms with Crippen LogP contribution in [0.1, 0.15) is 19.4 Å². The first-order valence-corrected chi connectivity index (χ1v) is 21.1. The van der Waals surface area contributed by atoms with E-state index in [9.17, 15) is 0 Å². The Morgan fingerprint density at radius 3 is 0.982 bits per heavy atom. The third-order valence-corrected chi connectivity index (χ3v) is 11.2. The number of rotatable bonds is 13. The Hall–Kier alpha value is -6.16. The minimum Gasteiger partial charge on any atom is -0.417 e. The molecule has 8 heteroatoms. The van der Waals surface area contributed by atoms with Crippen LogP contribution in [0.15, 0.2) is 194 Å². The average molecular weight is 787 g/mol. The number of para-hydroxylation sites is 1. The highest BCUT2D eigenvalue weighted by Crippen LogP contribution is 2.49. The van der Waals surface area contributed by atoms with Gasteiger partial charge in [0.1, 0.15) is 28.7 Å². The van der Waals surface area contributed by atoms with Gasteiger partial charge in [0.05, 0.1) is 6.61 Å². The van der Waals surface area contributed by atoms with Crippen molar-refractivity contribution in [2.24, 2.45) is 0 Å². The van der Waals surface area contributed by atoms with Gasteiger partial charge < -0.3 is 22.6 Å². The number of fused-ring (bicyclic) bond motifs is 4. The molecule has 0 aromatic heterocycles. The van der Waals surface area contributed by atoms with Crippen molar-refractivity contribution in [3.8, 4) is 28.7 Å². The summed E-state index contributed by atoms with van der Waals surface area (Å²) >= 11 is 0. The fourth-order valence-electron chi connectivity index (χ4n) is 6.46. The van der Waals surface area contributed by atoms with E-state index in [-0.39, 0.29) is 6.61 Å². The molecule has 9 aromatic carbocycles. The predicted molar refractivity (Wildman–Crippen MR) is 235 cm³/mol. The molecule has 0 unspecified atom stereocenters. The number of benzene rings is 9. The Labute approximate surface area is 335 Å². The van der Waals surface area contributed by atoms with Gasteiger partial charge in [-0.1, -0.05) is 178 Å². The summed E-state index contributed by atoms with van der Waals surface area (Å²) < 4.78 is 39.7. The molecule has 0 spiro atoms. The maximum atomic E-state index is 6.70. The first-order chi connectivity index (χ1) is 28.2. The van der Waals surface area contributed by atoms with Crippen LogP contribution in [0.25, 0.3) is 43.1 Å². The SMILES string of the molecule is CC.c1ccc(OP(Oc2cccc3ccccc23)Oc2cccc3ccccc23)c(COP(Oc2cccc3ccccc23)Oc2cccc3ccccc23)c1. The summed E-state index contributed by atoms with van der Waals surface area (Å²) in [6.07, 6.45) is 0. The second-order valence-corrected chi connectivity index (χ2v) is 14.8. The zero-order chi connectivity index (χ0) is 38.8. The fourth-order valence-corrected chi connectivity index (χ4v) is 8.58. The summed E-state index contributed by atoms with van der Waals surface area (Å²) in [7, 11) is -3.96. The molecule has 0 heterocycles. The van der Waals surface area contributed by atoms with Gasteiger partial charge in [-0.25, -0.2) is 0 Å². The molecular weight excluding hydrogens is 746 g/mol. The molecule has 6 nitrogen and oxygen atoms in total. The molecule has 0 saturated heterocycles. The second-order valence-electron chi connectivity index (χ2n) is 12.7. The third kappa shape index (κ3) is 8.80. The smallest absolute Gasteiger partial charge is 0.417 e. The van der Waals surface area contributed by atoms with E-state index in [1.807, 2.05) is 159 Å². The van der Waals surface area contributed by atoms with Gasteiger partial charge in [0.2, 0.25) is 0 Å². The van der Waals surface area contributed by atoms with Crippen LogP contribution in [-0.2, 0) is 11.1 Å². The molecular formula is C49H40O6P2. The molecule has 0 aliphatic carbocycles. The number of hydrogen-bond donors (Lipinski definition) is 0. The lowest BCUT2D eigenvalue weighted by Crippen LogP contribution is -2.06. The molecule has 0 aliphatic heterocycles. The van der Waals surface area contributed by atoms with Crippen molar-refractivity contribution < 1.29 is 27.1 Å². The van der Waals surface area contributed by atoms with Gasteiger partial charge >= 0.3 is 17.2 Å². The van der Waals surface area contributed by atoms with Crippen LogP contribution in [0.3, 0.4) is 0 Å². The molecule has 9 rings (SSSR count). The lowest BCUT2D eigenvalue weighted by molar-refractivity contribution is 0.255. The lowest BCUT2D eigenvalue weighted by atomic mass is 10.1. The normalized spacial score (nSPS) is 11.1. The van der Waals surface area contributed by atoms with E-state index < -0.39 is 17.2 Å². The van der Waals surface area contributed by atoms with E-state index in [2.05, 4.69) is 48.5 Å². The molecule has 9 aromatic rings. The Bertz CT molecular complexity index is 2570. The van der Waals surface area contributed by atoms with Crippen LogP contribution in [0, 0.1) is 0 Å². The molecule has 0 saturated carbocycles. The Balaban J connectivity index is 0.00000224. The summed E-state index contributed by atoms with van der Waals surface area (Å²) in [6, 6.07) is 64.0. The molecule has 0 atom stereocenters.